The smallest absolute Gasteiger partial charge is 0.358 e. The molecule has 1 saturated heterocycles. The van der Waals surface area contributed by atoms with Crippen LogP contribution < -0.4 is 10.6 Å². The number of carbonyl (C=O) groups excluding carboxylic acids is 3. The Morgan fingerprint density at radius 3 is 2.95 bits per heavy atom. The third kappa shape index (κ3) is 3.84. The van der Waals surface area contributed by atoms with Gasteiger partial charge < -0.3 is 20.0 Å². The normalized spacial score (nSPS) is 18.2. The molecule has 21 heavy (non-hydrogen) atoms. The Balaban J connectivity index is 1.80. The van der Waals surface area contributed by atoms with Crippen LogP contribution in [0.25, 0.3) is 0 Å². The molecule has 1 aromatic rings. The number of nitro groups is 1. The number of rotatable bonds is 5. The molecule has 1 aliphatic heterocycles. The topological polar surface area (TPSA) is 136 Å². The van der Waals surface area contributed by atoms with Gasteiger partial charge in [-0.15, -0.1) is 0 Å². The monoisotopic (exact) mass is 295 g/mol. The first-order chi connectivity index (χ1) is 9.95. The van der Waals surface area contributed by atoms with Crippen LogP contribution in [0.1, 0.15) is 19.3 Å². The summed E-state index contributed by atoms with van der Waals surface area (Å²) in [6.07, 6.45) is 2.99. The predicted octanol–water partition coefficient (Wildman–Crippen LogP) is -0.897. The fourth-order valence-corrected chi connectivity index (χ4v) is 1.89. The van der Waals surface area contributed by atoms with Crippen LogP contribution in [0, 0.1) is 10.1 Å². The van der Waals surface area contributed by atoms with Crippen LogP contribution in [0.5, 0.6) is 0 Å². The van der Waals surface area contributed by atoms with E-state index in [2.05, 4.69) is 15.6 Å². The highest BCUT2D eigenvalue weighted by Gasteiger charge is 2.27. The van der Waals surface area contributed by atoms with Crippen molar-refractivity contribution in [2.24, 2.45) is 0 Å². The van der Waals surface area contributed by atoms with Gasteiger partial charge >= 0.3 is 5.82 Å². The average Bonchev–Trinajstić information content (AvgIpc) is 2.89. The van der Waals surface area contributed by atoms with Crippen molar-refractivity contribution in [3.8, 4) is 0 Å². The molecule has 1 atom stereocenters. The second-order valence-corrected chi connectivity index (χ2v) is 4.55. The fourth-order valence-electron chi connectivity index (χ4n) is 1.89. The Bertz CT molecular complexity index is 596. The van der Waals surface area contributed by atoms with Crippen molar-refractivity contribution in [2.75, 3.05) is 0 Å². The van der Waals surface area contributed by atoms with Crippen LogP contribution in [-0.2, 0) is 20.9 Å². The molecular weight excluding hydrogens is 282 g/mol. The molecule has 3 amide bonds. The maximum absolute atomic E-state index is 11.7. The molecular formula is C11H13N5O5. The first kappa shape index (κ1) is 14.6. The standard InChI is InChI=1S/C11H13N5O5/c17-9-2-1-7(11(19)14-9)13-10(18)3-4-15-5-8(12-6-15)16(20)21/h5-7H,1-4H2,(H,13,18)(H,14,17,19). The van der Waals surface area contributed by atoms with Crippen LogP contribution in [-0.4, -0.2) is 38.2 Å². The summed E-state index contributed by atoms with van der Waals surface area (Å²) in [6, 6.07) is -0.715. The van der Waals surface area contributed by atoms with Gasteiger partial charge in [0.2, 0.25) is 24.0 Å². The van der Waals surface area contributed by atoms with E-state index in [9.17, 15) is 24.5 Å². The van der Waals surface area contributed by atoms with E-state index in [1.54, 1.807) is 0 Å². The first-order valence-corrected chi connectivity index (χ1v) is 6.25. The summed E-state index contributed by atoms with van der Waals surface area (Å²) >= 11 is 0. The van der Waals surface area contributed by atoms with Gasteiger partial charge in [0, 0.05) is 19.4 Å². The van der Waals surface area contributed by atoms with Crippen LogP contribution >= 0.6 is 0 Å². The van der Waals surface area contributed by atoms with Crippen molar-refractivity contribution in [3.05, 3.63) is 22.6 Å². The van der Waals surface area contributed by atoms with Gasteiger partial charge in [0.25, 0.3) is 0 Å². The van der Waals surface area contributed by atoms with Gasteiger partial charge in [-0.25, -0.2) is 0 Å². The van der Waals surface area contributed by atoms with Gasteiger partial charge in [-0.3, -0.25) is 19.7 Å². The van der Waals surface area contributed by atoms with Gasteiger partial charge in [-0.1, -0.05) is 0 Å². The molecule has 112 valence electrons. The predicted molar refractivity (Wildman–Crippen MR) is 67.8 cm³/mol. The molecule has 1 fully saturated rings. The van der Waals surface area contributed by atoms with Crippen LogP contribution in [0.15, 0.2) is 12.5 Å². The lowest BCUT2D eigenvalue weighted by Crippen LogP contribution is -2.52. The fraction of sp³-hybridized carbons (Fsp3) is 0.455. The summed E-state index contributed by atoms with van der Waals surface area (Å²) in [5.41, 5.74) is 0. The zero-order chi connectivity index (χ0) is 15.4. The van der Waals surface area contributed by atoms with Crippen LogP contribution in [0.3, 0.4) is 0 Å². The first-order valence-electron chi connectivity index (χ1n) is 6.25. The highest BCUT2D eigenvalue weighted by atomic mass is 16.6. The Kier molecular flexibility index (Phi) is 4.26. The number of piperidine rings is 1. The minimum absolute atomic E-state index is 0.0469. The quantitative estimate of drug-likeness (QED) is 0.410. The summed E-state index contributed by atoms with van der Waals surface area (Å²) in [4.78, 5) is 47.5. The number of carbonyl (C=O) groups is 3. The minimum Gasteiger partial charge on any atom is -0.358 e. The highest BCUT2D eigenvalue weighted by Crippen LogP contribution is 2.07. The van der Waals surface area contributed by atoms with Crippen LogP contribution in [0.2, 0.25) is 0 Å². The Morgan fingerprint density at radius 1 is 1.57 bits per heavy atom. The highest BCUT2D eigenvalue weighted by molar-refractivity contribution is 6.01. The zero-order valence-corrected chi connectivity index (χ0v) is 10.9. The molecule has 0 radical (unpaired) electrons. The second-order valence-electron chi connectivity index (χ2n) is 4.55. The molecule has 0 aliphatic carbocycles. The lowest BCUT2D eigenvalue weighted by Gasteiger charge is -2.21. The van der Waals surface area contributed by atoms with Crippen molar-refractivity contribution < 1.29 is 19.3 Å². The Hall–Kier alpha value is -2.78. The van der Waals surface area contributed by atoms with E-state index in [0.29, 0.717) is 0 Å². The number of hydrogen-bond donors (Lipinski definition) is 2. The molecule has 1 unspecified atom stereocenters. The van der Waals surface area contributed by atoms with Gasteiger partial charge in [-0.2, -0.15) is 0 Å². The van der Waals surface area contributed by atoms with Crippen molar-refractivity contribution in [3.63, 3.8) is 0 Å². The number of nitrogens with zero attached hydrogens (tertiary/aromatic N) is 3. The average molecular weight is 295 g/mol. The van der Waals surface area contributed by atoms with Gasteiger partial charge in [0.1, 0.15) is 12.2 Å². The number of amides is 3. The summed E-state index contributed by atoms with van der Waals surface area (Å²) in [7, 11) is 0. The molecule has 0 bridgehead atoms. The molecule has 2 N–H and O–H groups in total. The van der Waals surface area contributed by atoms with Crippen molar-refractivity contribution in [1.29, 1.82) is 0 Å². The summed E-state index contributed by atoms with van der Waals surface area (Å²) in [5, 5.41) is 15.1. The third-order valence-electron chi connectivity index (χ3n) is 2.98. The number of hydrogen-bond acceptors (Lipinski definition) is 6. The van der Waals surface area contributed by atoms with E-state index in [1.165, 1.54) is 17.1 Å². The van der Waals surface area contributed by atoms with E-state index in [4.69, 9.17) is 0 Å². The van der Waals surface area contributed by atoms with Gasteiger partial charge in [0.05, 0.1) is 0 Å². The summed E-state index contributed by atoms with van der Waals surface area (Å²) < 4.78 is 1.42. The van der Waals surface area contributed by atoms with Crippen molar-refractivity contribution >= 4 is 23.5 Å². The number of imidazole rings is 1. The molecule has 0 spiro atoms. The van der Waals surface area contributed by atoms with E-state index < -0.39 is 16.9 Å². The number of aromatic nitrogens is 2. The van der Waals surface area contributed by atoms with Crippen molar-refractivity contribution in [2.45, 2.75) is 31.8 Å². The molecule has 1 aromatic heterocycles. The van der Waals surface area contributed by atoms with Crippen molar-refractivity contribution in [1.82, 2.24) is 20.2 Å². The molecule has 2 rings (SSSR count). The maximum atomic E-state index is 11.7. The van der Waals surface area contributed by atoms with E-state index in [1.807, 2.05) is 0 Å². The van der Waals surface area contributed by atoms with Gasteiger partial charge in [-0.05, 0) is 16.3 Å². The largest absolute Gasteiger partial charge is 0.381 e. The Morgan fingerprint density at radius 2 is 2.33 bits per heavy atom. The molecule has 10 nitrogen and oxygen atoms in total. The molecule has 1 aliphatic rings. The SMILES string of the molecule is O=C1CCC(NC(=O)CCn2cnc([N+](=O)[O-])c2)C(=O)N1. The molecule has 10 heteroatoms. The number of nitrogens with one attached hydrogen (secondary N) is 2. The zero-order valence-electron chi connectivity index (χ0n) is 10.9. The summed E-state index contributed by atoms with van der Waals surface area (Å²) in [5.74, 6) is -1.53. The third-order valence-corrected chi connectivity index (χ3v) is 2.98. The number of imide groups is 1. The Labute approximate surface area is 118 Å². The maximum Gasteiger partial charge on any atom is 0.381 e. The van der Waals surface area contributed by atoms with E-state index in [-0.39, 0.29) is 43.4 Å². The molecule has 2 heterocycles. The second kappa shape index (κ2) is 6.11. The minimum atomic E-state index is -0.715. The van der Waals surface area contributed by atoms with Crippen LogP contribution in [0.4, 0.5) is 5.82 Å². The molecule has 0 saturated carbocycles. The summed E-state index contributed by atoms with van der Waals surface area (Å²) in [6.45, 7) is 0.208. The number of aryl methyl sites for hydroxylation is 1. The van der Waals surface area contributed by atoms with E-state index in [0.717, 1.165) is 0 Å². The van der Waals surface area contributed by atoms with Gasteiger partial charge in [0.15, 0.2) is 0 Å². The lowest BCUT2D eigenvalue weighted by molar-refractivity contribution is -0.389. The molecule has 0 aromatic carbocycles. The van der Waals surface area contributed by atoms with E-state index >= 15 is 0 Å². The lowest BCUT2D eigenvalue weighted by atomic mass is 10.1.